The second-order valence-electron chi connectivity index (χ2n) is 6.73. The van der Waals surface area contributed by atoms with Crippen molar-refractivity contribution < 1.29 is 9.53 Å². The van der Waals surface area contributed by atoms with Crippen LogP contribution in [0, 0.1) is 6.92 Å². The minimum Gasteiger partial charge on any atom is -0.496 e. The van der Waals surface area contributed by atoms with E-state index in [-0.39, 0.29) is 11.9 Å². The number of carbonyl (C=O) groups excluding carboxylic acids is 1. The molecule has 0 heterocycles. The fourth-order valence-electron chi connectivity index (χ4n) is 2.93. The lowest BCUT2D eigenvalue weighted by Gasteiger charge is -2.15. The molecule has 0 radical (unpaired) electrons. The number of amides is 1. The number of benzene rings is 3. The van der Waals surface area contributed by atoms with Crippen molar-refractivity contribution in [3.8, 4) is 5.75 Å². The molecule has 0 aliphatic heterocycles. The number of aryl methyl sites for hydroxylation is 1. The molecule has 0 saturated carbocycles. The highest BCUT2D eigenvalue weighted by Crippen LogP contribution is 2.29. The number of nitrogens with one attached hydrogen (secondary N) is 1. The summed E-state index contributed by atoms with van der Waals surface area (Å²) in [7, 11) is 1.66. The zero-order valence-corrected chi connectivity index (χ0v) is 17.3. The summed E-state index contributed by atoms with van der Waals surface area (Å²) in [5.41, 5.74) is 3.98. The summed E-state index contributed by atoms with van der Waals surface area (Å²) in [5.74, 6) is 1.45. The van der Waals surface area contributed by atoms with Crippen LogP contribution in [0.4, 0.5) is 0 Å². The first-order valence-electron chi connectivity index (χ1n) is 9.29. The van der Waals surface area contributed by atoms with Crippen LogP contribution in [-0.2, 0) is 5.75 Å². The van der Waals surface area contributed by atoms with Gasteiger partial charge in [-0.15, -0.1) is 11.8 Å². The molecule has 3 aromatic rings. The van der Waals surface area contributed by atoms with Gasteiger partial charge in [-0.2, -0.15) is 0 Å². The molecule has 3 rings (SSSR count). The molecule has 3 nitrogen and oxygen atoms in total. The van der Waals surface area contributed by atoms with Crippen molar-refractivity contribution in [2.45, 2.75) is 30.5 Å². The predicted molar refractivity (Wildman–Crippen MR) is 116 cm³/mol. The lowest BCUT2D eigenvalue weighted by atomic mass is 10.1. The highest BCUT2D eigenvalue weighted by molar-refractivity contribution is 7.98. The number of methoxy groups -OCH3 is 1. The van der Waals surface area contributed by atoms with Gasteiger partial charge in [0, 0.05) is 21.8 Å². The zero-order valence-electron chi connectivity index (χ0n) is 16.4. The maximum absolute atomic E-state index is 12.7. The first-order valence-corrected chi connectivity index (χ1v) is 10.3. The molecule has 28 heavy (non-hydrogen) atoms. The Kier molecular flexibility index (Phi) is 6.77. The van der Waals surface area contributed by atoms with Gasteiger partial charge in [0.15, 0.2) is 0 Å². The standard InChI is InChI=1S/C24H25NO2S/c1-17-9-12-22(13-10-17)28-16-21-15-20(11-14-23(21)27-3)24(26)25-18(2)19-7-5-4-6-8-19/h4-15,18H,16H2,1-3H3,(H,25,26). The molecule has 0 bridgehead atoms. The third-order valence-electron chi connectivity index (χ3n) is 4.61. The van der Waals surface area contributed by atoms with Crippen LogP contribution >= 0.6 is 11.8 Å². The molecule has 0 spiro atoms. The van der Waals surface area contributed by atoms with E-state index >= 15 is 0 Å². The fourth-order valence-corrected chi connectivity index (χ4v) is 3.81. The number of ether oxygens (including phenoxy) is 1. The summed E-state index contributed by atoms with van der Waals surface area (Å²) >= 11 is 1.73. The molecule has 0 saturated heterocycles. The lowest BCUT2D eigenvalue weighted by molar-refractivity contribution is 0.0939. The van der Waals surface area contributed by atoms with E-state index in [2.05, 4.69) is 36.5 Å². The number of rotatable bonds is 7. The smallest absolute Gasteiger partial charge is 0.251 e. The molecule has 1 unspecified atom stereocenters. The molecule has 144 valence electrons. The number of hydrogen-bond acceptors (Lipinski definition) is 3. The maximum Gasteiger partial charge on any atom is 0.251 e. The Labute approximate surface area is 171 Å². The second kappa shape index (κ2) is 9.47. The number of thioether (sulfide) groups is 1. The van der Waals surface area contributed by atoms with E-state index in [1.54, 1.807) is 18.9 Å². The Morgan fingerprint density at radius 2 is 1.75 bits per heavy atom. The van der Waals surface area contributed by atoms with Gasteiger partial charge in [-0.3, -0.25) is 4.79 Å². The van der Waals surface area contributed by atoms with Crippen molar-refractivity contribution >= 4 is 17.7 Å². The van der Waals surface area contributed by atoms with Gasteiger partial charge < -0.3 is 10.1 Å². The lowest BCUT2D eigenvalue weighted by Crippen LogP contribution is -2.26. The Morgan fingerprint density at radius 1 is 1.04 bits per heavy atom. The van der Waals surface area contributed by atoms with E-state index in [0.29, 0.717) is 5.56 Å². The van der Waals surface area contributed by atoms with Crippen LogP contribution in [0.3, 0.4) is 0 Å². The normalized spacial score (nSPS) is 11.7. The van der Waals surface area contributed by atoms with Crippen LogP contribution in [0.2, 0.25) is 0 Å². The predicted octanol–water partition coefficient (Wildman–Crippen LogP) is 5.79. The molecule has 0 aliphatic carbocycles. The van der Waals surface area contributed by atoms with Crippen LogP contribution < -0.4 is 10.1 Å². The molecular weight excluding hydrogens is 366 g/mol. The van der Waals surface area contributed by atoms with Gasteiger partial charge in [0.1, 0.15) is 5.75 Å². The van der Waals surface area contributed by atoms with Gasteiger partial charge in [-0.1, -0.05) is 48.0 Å². The van der Waals surface area contributed by atoms with Gasteiger partial charge in [-0.25, -0.2) is 0 Å². The highest BCUT2D eigenvalue weighted by atomic mass is 32.2. The summed E-state index contributed by atoms with van der Waals surface area (Å²) in [4.78, 5) is 13.9. The minimum absolute atomic E-state index is 0.0545. The van der Waals surface area contributed by atoms with Gasteiger partial charge >= 0.3 is 0 Å². The Bertz CT molecular complexity index is 923. The van der Waals surface area contributed by atoms with Gasteiger partial charge in [0.05, 0.1) is 13.2 Å². The van der Waals surface area contributed by atoms with Crippen molar-refractivity contribution in [2.75, 3.05) is 7.11 Å². The van der Waals surface area contributed by atoms with Crippen molar-refractivity contribution in [2.24, 2.45) is 0 Å². The second-order valence-corrected chi connectivity index (χ2v) is 7.78. The monoisotopic (exact) mass is 391 g/mol. The minimum atomic E-state index is -0.0828. The molecule has 0 fully saturated rings. The third-order valence-corrected chi connectivity index (χ3v) is 5.67. The molecule has 3 aromatic carbocycles. The molecule has 4 heteroatoms. The quantitative estimate of drug-likeness (QED) is 0.518. The van der Waals surface area contributed by atoms with Crippen LogP contribution in [-0.4, -0.2) is 13.0 Å². The molecule has 0 aliphatic rings. The maximum atomic E-state index is 12.7. The van der Waals surface area contributed by atoms with Crippen LogP contribution in [0.1, 0.15) is 40.0 Å². The SMILES string of the molecule is COc1ccc(C(=O)NC(C)c2ccccc2)cc1CSc1ccc(C)cc1. The first kappa shape index (κ1) is 20.0. The van der Waals surface area contributed by atoms with Gasteiger partial charge in [0.2, 0.25) is 0 Å². The Hall–Kier alpha value is -2.72. The Morgan fingerprint density at radius 3 is 2.43 bits per heavy atom. The van der Waals surface area contributed by atoms with Crippen molar-refractivity contribution in [1.29, 1.82) is 0 Å². The van der Waals surface area contributed by atoms with Crippen LogP contribution in [0.25, 0.3) is 0 Å². The average Bonchev–Trinajstić information content (AvgIpc) is 2.73. The summed E-state index contributed by atoms with van der Waals surface area (Å²) in [5, 5.41) is 3.07. The topological polar surface area (TPSA) is 38.3 Å². The van der Waals surface area contributed by atoms with Gasteiger partial charge in [-0.05, 0) is 49.7 Å². The summed E-state index contributed by atoms with van der Waals surface area (Å²) in [6.45, 7) is 4.07. The molecule has 0 aromatic heterocycles. The average molecular weight is 392 g/mol. The van der Waals surface area contributed by atoms with Crippen LogP contribution in [0.15, 0.2) is 77.7 Å². The van der Waals surface area contributed by atoms with E-state index in [1.165, 1.54) is 10.5 Å². The summed E-state index contributed by atoms with van der Waals surface area (Å²) in [6.07, 6.45) is 0. The summed E-state index contributed by atoms with van der Waals surface area (Å²) < 4.78 is 5.49. The summed E-state index contributed by atoms with van der Waals surface area (Å²) in [6, 6.07) is 24.0. The third kappa shape index (κ3) is 5.17. The first-order chi connectivity index (χ1) is 13.6. The molecular formula is C24H25NO2S. The van der Waals surface area contributed by atoms with E-state index in [1.807, 2.05) is 55.5 Å². The zero-order chi connectivity index (χ0) is 19.9. The molecule has 1 N–H and O–H groups in total. The van der Waals surface area contributed by atoms with Crippen LogP contribution in [0.5, 0.6) is 5.75 Å². The highest BCUT2D eigenvalue weighted by Gasteiger charge is 2.14. The number of carbonyl (C=O) groups is 1. The number of hydrogen-bond donors (Lipinski definition) is 1. The van der Waals surface area contributed by atoms with Crippen molar-refractivity contribution in [1.82, 2.24) is 5.32 Å². The van der Waals surface area contributed by atoms with E-state index in [4.69, 9.17) is 4.74 Å². The van der Waals surface area contributed by atoms with E-state index in [9.17, 15) is 4.79 Å². The Balaban J connectivity index is 1.72. The van der Waals surface area contributed by atoms with Gasteiger partial charge in [0.25, 0.3) is 5.91 Å². The van der Waals surface area contributed by atoms with E-state index < -0.39 is 0 Å². The molecule has 1 atom stereocenters. The molecule has 1 amide bonds. The largest absolute Gasteiger partial charge is 0.496 e. The van der Waals surface area contributed by atoms with E-state index in [0.717, 1.165) is 22.6 Å². The van der Waals surface area contributed by atoms with Crippen molar-refractivity contribution in [3.05, 3.63) is 95.1 Å². The van der Waals surface area contributed by atoms with Crippen molar-refractivity contribution in [3.63, 3.8) is 0 Å². The fraction of sp³-hybridized carbons (Fsp3) is 0.208.